The van der Waals surface area contributed by atoms with Gasteiger partial charge < -0.3 is 15.8 Å². The largest absolute Gasteiger partial charge is 0.484 e. The van der Waals surface area contributed by atoms with Gasteiger partial charge in [-0.3, -0.25) is 4.79 Å². The third kappa shape index (κ3) is 3.80. The normalized spacial score (nSPS) is 10.1. The fourth-order valence-electron chi connectivity index (χ4n) is 1.64. The number of hydrogen-bond acceptors (Lipinski definition) is 3. The van der Waals surface area contributed by atoms with Crippen molar-refractivity contribution in [3.63, 3.8) is 0 Å². The molecule has 0 atom stereocenters. The SMILES string of the molecule is NCc1ccc(NC(=O)COc2ccccc2)c(F)c1. The summed E-state index contributed by atoms with van der Waals surface area (Å²) < 4.78 is 18.9. The van der Waals surface area contributed by atoms with Crippen molar-refractivity contribution in [1.82, 2.24) is 0 Å². The molecule has 0 spiro atoms. The summed E-state index contributed by atoms with van der Waals surface area (Å²) in [4.78, 5) is 11.7. The average Bonchev–Trinajstić information content (AvgIpc) is 2.48. The van der Waals surface area contributed by atoms with E-state index in [1.165, 1.54) is 12.1 Å². The number of rotatable bonds is 5. The second-order valence-electron chi connectivity index (χ2n) is 4.17. The van der Waals surface area contributed by atoms with Crippen molar-refractivity contribution in [3.05, 3.63) is 59.9 Å². The van der Waals surface area contributed by atoms with Gasteiger partial charge in [0.05, 0.1) is 5.69 Å². The number of para-hydroxylation sites is 1. The highest BCUT2D eigenvalue weighted by molar-refractivity contribution is 5.92. The zero-order valence-electron chi connectivity index (χ0n) is 10.8. The first kappa shape index (κ1) is 14.0. The van der Waals surface area contributed by atoms with Crippen molar-refractivity contribution in [2.24, 2.45) is 5.73 Å². The molecule has 0 bridgehead atoms. The summed E-state index contributed by atoms with van der Waals surface area (Å²) in [5, 5.41) is 2.45. The van der Waals surface area contributed by atoms with Crippen molar-refractivity contribution >= 4 is 11.6 Å². The molecular weight excluding hydrogens is 259 g/mol. The van der Waals surface area contributed by atoms with E-state index >= 15 is 0 Å². The highest BCUT2D eigenvalue weighted by atomic mass is 19.1. The Hall–Kier alpha value is -2.40. The molecule has 0 saturated heterocycles. The Balaban J connectivity index is 1.91. The van der Waals surface area contributed by atoms with Gasteiger partial charge in [0.15, 0.2) is 6.61 Å². The molecule has 2 rings (SSSR count). The number of carbonyl (C=O) groups is 1. The van der Waals surface area contributed by atoms with Gasteiger partial charge in [0, 0.05) is 6.54 Å². The lowest BCUT2D eigenvalue weighted by molar-refractivity contribution is -0.118. The predicted molar refractivity (Wildman–Crippen MR) is 74.9 cm³/mol. The molecule has 0 heterocycles. The van der Waals surface area contributed by atoms with Gasteiger partial charge in [-0.05, 0) is 29.8 Å². The fourth-order valence-corrected chi connectivity index (χ4v) is 1.64. The van der Waals surface area contributed by atoms with E-state index in [-0.39, 0.29) is 18.8 Å². The molecule has 2 aromatic rings. The Bertz CT molecular complexity index is 588. The van der Waals surface area contributed by atoms with E-state index in [0.717, 1.165) is 0 Å². The second-order valence-corrected chi connectivity index (χ2v) is 4.17. The van der Waals surface area contributed by atoms with Crippen LogP contribution in [0.25, 0.3) is 0 Å². The quantitative estimate of drug-likeness (QED) is 0.879. The van der Waals surface area contributed by atoms with Crippen LogP contribution in [0.3, 0.4) is 0 Å². The maximum atomic E-state index is 13.6. The van der Waals surface area contributed by atoms with Crippen LogP contribution in [0.1, 0.15) is 5.56 Å². The summed E-state index contributed by atoms with van der Waals surface area (Å²) in [6.45, 7) is 0.0738. The first-order valence-electron chi connectivity index (χ1n) is 6.15. The lowest BCUT2D eigenvalue weighted by Crippen LogP contribution is -2.20. The monoisotopic (exact) mass is 274 g/mol. The van der Waals surface area contributed by atoms with Gasteiger partial charge in [-0.25, -0.2) is 4.39 Å². The molecule has 0 unspecified atom stereocenters. The van der Waals surface area contributed by atoms with Crippen molar-refractivity contribution in [2.45, 2.75) is 6.54 Å². The molecule has 5 heteroatoms. The van der Waals surface area contributed by atoms with Crippen LogP contribution < -0.4 is 15.8 Å². The van der Waals surface area contributed by atoms with Gasteiger partial charge in [0.25, 0.3) is 5.91 Å². The maximum absolute atomic E-state index is 13.6. The van der Waals surface area contributed by atoms with E-state index in [4.69, 9.17) is 10.5 Å². The third-order valence-corrected chi connectivity index (χ3v) is 2.66. The number of benzene rings is 2. The topological polar surface area (TPSA) is 64.3 Å². The Kier molecular flexibility index (Phi) is 4.68. The third-order valence-electron chi connectivity index (χ3n) is 2.66. The fraction of sp³-hybridized carbons (Fsp3) is 0.133. The molecule has 0 aliphatic heterocycles. The summed E-state index contributed by atoms with van der Waals surface area (Å²) in [6, 6.07) is 13.4. The summed E-state index contributed by atoms with van der Waals surface area (Å²) in [6.07, 6.45) is 0. The van der Waals surface area contributed by atoms with Crippen LogP contribution >= 0.6 is 0 Å². The van der Waals surface area contributed by atoms with Gasteiger partial charge in [-0.15, -0.1) is 0 Å². The minimum Gasteiger partial charge on any atom is -0.484 e. The zero-order chi connectivity index (χ0) is 14.4. The molecular formula is C15H15FN2O2. The number of ether oxygens (including phenoxy) is 1. The molecule has 0 radical (unpaired) electrons. The van der Waals surface area contributed by atoms with Gasteiger partial charge in [-0.1, -0.05) is 24.3 Å². The van der Waals surface area contributed by atoms with Gasteiger partial charge >= 0.3 is 0 Å². The summed E-state index contributed by atoms with van der Waals surface area (Å²) >= 11 is 0. The van der Waals surface area contributed by atoms with Crippen molar-refractivity contribution < 1.29 is 13.9 Å². The van der Waals surface area contributed by atoms with Crippen LogP contribution in [0.4, 0.5) is 10.1 Å². The van der Waals surface area contributed by atoms with E-state index in [2.05, 4.69) is 5.32 Å². The first-order valence-corrected chi connectivity index (χ1v) is 6.15. The lowest BCUT2D eigenvalue weighted by Gasteiger charge is -2.09. The molecule has 0 fully saturated rings. The molecule has 0 aromatic heterocycles. The van der Waals surface area contributed by atoms with Crippen LogP contribution in [-0.2, 0) is 11.3 Å². The number of hydrogen-bond donors (Lipinski definition) is 2. The maximum Gasteiger partial charge on any atom is 0.262 e. The molecule has 4 nitrogen and oxygen atoms in total. The van der Waals surface area contributed by atoms with E-state index in [1.807, 2.05) is 6.07 Å². The Morgan fingerprint density at radius 3 is 2.60 bits per heavy atom. The highest BCUT2D eigenvalue weighted by Crippen LogP contribution is 2.15. The van der Waals surface area contributed by atoms with Crippen LogP contribution in [0.5, 0.6) is 5.75 Å². The van der Waals surface area contributed by atoms with Gasteiger partial charge in [-0.2, -0.15) is 0 Å². The number of anilines is 1. The van der Waals surface area contributed by atoms with Crippen LogP contribution in [0, 0.1) is 5.82 Å². The first-order chi connectivity index (χ1) is 9.69. The molecule has 1 amide bonds. The van der Waals surface area contributed by atoms with E-state index in [0.29, 0.717) is 11.3 Å². The minimum absolute atomic E-state index is 0.115. The van der Waals surface area contributed by atoms with Crippen LogP contribution in [0.2, 0.25) is 0 Å². The molecule has 0 aliphatic carbocycles. The zero-order valence-corrected chi connectivity index (χ0v) is 10.8. The molecule has 2 aromatic carbocycles. The summed E-state index contributed by atoms with van der Waals surface area (Å²) in [5.41, 5.74) is 6.19. The van der Waals surface area contributed by atoms with Gasteiger partial charge in [0.2, 0.25) is 0 Å². The molecule has 0 saturated carbocycles. The Morgan fingerprint density at radius 2 is 1.95 bits per heavy atom. The van der Waals surface area contributed by atoms with E-state index in [1.54, 1.807) is 30.3 Å². The van der Waals surface area contributed by atoms with Gasteiger partial charge in [0.1, 0.15) is 11.6 Å². The number of nitrogens with one attached hydrogen (secondary N) is 1. The highest BCUT2D eigenvalue weighted by Gasteiger charge is 2.08. The Labute approximate surface area is 116 Å². The number of amides is 1. The molecule has 3 N–H and O–H groups in total. The van der Waals surface area contributed by atoms with Crippen molar-refractivity contribution in [2.75, 3.05) is 11.9 Å². The predicted octanol–water partition coefficient (Wildman–Crippen LogP) is 2.30. The number of carbonyl (C=O) groups excluding carboxylic acids is 1. The molecule has 20 heavy (non-hydrogen) atoms. The molecule has 0 aliphatic rings. The van der Waals surface area contributed by atoms with E-state index < -0.39 is 11.7 Å². The Morgan fingerprint density at radius 1 is 1.20 bits per heavy atom. The number of nitrogens with two attached hydrogens (primary N) is 1. The second kappa shape index (κ2) is 6.68. The lowest BCUT2D eigenvalue weighted by atomic mass is 10.2. The van der Waals surface area contributed by atoms with E-state index in [9.17, 15) is 9.18 Å². The standard InChI is InChI=1S/C15H15FN2O2/c16-13-8-11(9-17)6-7-14(13)18-15(19)10-20-12-4-2-1-3-5-12/h1-8H,9-10,17H2,(H,18,19). The smallest absolute Gasteiger partial charge is 0.262 e. The van der Waals surface area contributed by atoms with Crippen molar-refractivity contribution in [3.8, 4) is 5.75 Å². The average molecular weight is 274 g/mol. The van der Waals surface area contributed by atoms with Crippen molar-refractivity contribution in [1.29, 1.82) is 0 Å². The minimum atomic E-state index is -0.513. The van der Waals surface area contributed by atoms with Crippen LogP contribution in [0.15, 0.2) is 48.5 Å². The molecule has 104 valence electrons. The summed E-state index contributed by atoms with van der Waals surface area (Å²) in [5.74, 6) is -0.351. The summed E-state index contributed by atoms with van der Waals surface area (Å²) in [7, 11) is 0. The number of halogens is 1. The van der Waals surface area contributed by atoms with Crippen LogP contribution in [-0.4, -0.2) is 12.5 Å².